The van der Waals surface area contributed by atoms with Gasteiger partial charge in [0.25, 0.3) is 0 Å². The number of thiazole rings is 1. The summed E-state index contributed by atoms with van der Waals surface area (Å²) in [7, 11) is 0. The second kappa shape index (κ2) is 5.32. The van der Waals surface area contributed by atoms with Crippen molar-refractivity contribution >= 4 is 23.1 Å². The molecule has 1 aliphatic heterocycles. The van der Waals surface area contributed by atoms with Crippen LogP contribution in [0.4, 0.5) is 0 Å². The van der Waals surface area contributed by atoms with E-state index in [0.717, 1.165) is 13.0 Å². The fraction of sp³-hybridized carbons (Fsp3) is 0.727. The van der Waals surface area contributed by atoms with Gasteiger partial charge in [-0.3, -0.25) is 0 Å². The van der Waals surface area contributed by atoms with Crippen LogP contribution in [0.1, 0.15) is 30.6 Å². The Morgan fingerprint density at radius 1 is 1.60 bits per heavy atom. The first-order chi connectivity index (χ1) is 7.25. The molecule has 1 N–H and O–H groups in total. The van der Waals surface area contributed by atoms with E-state index in [1.807, 2.05) is 23.1 Å². The van der Waals surface area contributed by atoms with Gasteiger partial charge in [-0.05, 0) is 5.92 Å². The van der Waals surface area contributed by atoms with Crippen LogP contribution in [0.3, 0.4) is 0 Å². The molecule has 0 radical (unpaired) electrons. The van der Waals surface area contributed by atoms with E-state index in [1.165, 1.54) is 22.2 Å². The van der Waals surface area contributed by atoms with Crippen LogP contribution in [-0.4, -0.2) is 23.0 Å². The summed E-state index contributed by atoms with van der Waals surface area (Å²) in [4.78, 5) is 4.72. The summed E-state index contributed by atoms with van der Waals surface area (Å²) < 4.78 is 0. The molecule has 1 unspecified atom stereocenters. The average molecular weight is 242 g/mol. The minimum absolute atomic E-state index is 0.487. The van der Waals surface area contributed by atoms with E-state index in [9.17, 15) is 0 Å². The van der Waals surface area contributed by atoms with Crippen LogP contribution in [0.25, 0.3) is 0 Å². The van der Waals surface area contributed by atoms with E-state index in [0.29, 0.717) is 12.0 Å². The highest BCUT2D eigenvalue weighted by Crippen LogP contribution is 2.24. The fourth-order valence-corrected chi connectivity index (χ4v) is 3.70. The third-order valence-electron chi connectivity index (χ3n) is 2.43. The summed E-state index contributed by atoms with van der Waals surface area (Å²) in [5.41, 5.74) is 1.25. The highest BCUT2D eigenvalue weighted by Gasteiger charge is 2.17. The number of thioether (sulfide) groups is 1. The lowest BCUT2D eigenvalue weighted by molar-refractivity contribution is 0.578. The van der Waals surface area contributed by atoms with Gasteiger partial charge in [0, 0.05) is 29.9 Å². The van der Waals surface area contributed by atoms with Crippen molar-refractivity contribution in [2.75, 3.05) is 18.1 Å². The Kier molecular flexibility index (Phi) is 4.05. The van der Waals surface area contributed by atoms with Gasteiger partial charge in [0.2, 0.25) is 0 Å². The van der Waals surface area contributed by atoms with Gasteiger partial charge in [0.05, 0.1) is 16.7 Å². The number of rotatable bonds is 3. The molecule has 15 heavy (non-hydrogen) atoms. The van der Waals surface area contributed by atoms with Gasteiger partial charge in [-0.2, -0.15) is 11.8 Å². The van der Waals surface area contributed by atoms with E-state index in [4.69, 9.17) is 4.98 Å². The van der Waals surface area contributed by atoms with Gasteiger partial charge in [0.15, 0.2) is 0 Å². The maximum Gasteiger partial charge on any atom is 0.0931 e. The minimum atomic E-state index is 0.487. The Bertz CT molecular complexity index is 303. The van der Waals surface area contributed by atoms with Crippen LogP contribution in [0, 0.1) is 5.92 Å². The lowest BCUT2D eigenvalue weighted by Gasteiger charge is -2.21. The first-order valence-corrected chi connectivity index (χ1v) is 7.54. The van der Waals surface area contributed by atoms with Gasteiger partial charge >= 0.3 is 0 Å². The molecule has 1 atom stereocenters. The minimum Gasteiger partial charge on any atom is -0.307 e. The van der Waals surface area contributed by atoms with Crippen molar-refractivity contribution in [3.63, 3.8) is 0 Å². The summed E-state index contributed by atoms with van der Waals surface area (Å²) in [6, 6.07) is 0.487. The standard InChI is InChI=1S/C11H18N2S2/c1-8(2)5-11-13-10(7-15-11)9-6-14-4-3-12-9/h7-9,12H,3-6H2,1-2H3. The van der Waals surface area contributed by atoms with Crippen molar-refractivity contribution in [1.82, 2.24) is 10.3 Å². The van der Waals surface area contributed by atoms with Crippen LogP contribution in [-0.2, 0) is 6.42 Å². The van der Waals surface area contributed by atoms with Gasteiger partial charge in [-0.25, -0.2) is 4.98 Å². The predicted octanol–water partition coefficient (Wildman–Crippen LogP) is 2.72. The Morgan fingerprint density at radius 2 is 2.47 bits per heavy atom. The third-order valence-corrected chi connectivity index (χ3v) is 4.38. The molecule has 2 rings (SSSR count). The Balaban J connectivity index is 1.99. The predicted molar refractivity (Wildman–Crippen MR) is 68.7 cm³/mol. The van der Waals surface area contributed by atoms with Crippen molar-refractivity contribution in [2.24, 2.45) is 5.92 Å². The zero-order valence-corrected chi connectivity index (χ0v) is 11.0. The lowest BCUT2D eigenvalue weighted by atomic mass is 10.1. The third kappa shape index (κ3) is 3.20. The van der Waals surface area contributed by atoms with Gasteiger partial charge in [-0.1, -0.05) is 13.8 Å². The van der Waals surface area contributed by atoms with Crippen molar-refractivity contribution in [3.8, 4) is 0 Å². The molecule has 2 nitrogen and oxygen atoms in total. The first-order valence-electron chi connectivity index (χ1n) is 5.51. The van der Waals surface area contributed by atoms with Gasteiger partial charge < -0.3 is 5.32 Å². The molecule has 0 aliphatic carbocycles. The lowest BCUT2D eigenvalue weighted by Crippen LogP contribution is -2.30. The molecule has 1 aliphatic rings. The highest BCUT2D eigenvalue weighted by molar-refractivity contribution is 7.99. The smallest absolute Gasteiger partial charge is 0.0931 e. The number of hydrogen-bond acceptors (Lipinski definition) is 4. The molecular formula is C11H18N2S2. The van der Waals surface area contributed by atoms with Crippen LogP contribution in [0.2, 0.25) is 0 Å². The molecule has 1 saturated heterocycles. The quantitative estimate of drug-likeness (QED) is 0.882. The topological polar surface area (TPSA) is 24.9 Å². The molecule has 2 heterocycles. The van der Waals surface area contributed by atoms with E-state index in [2.05, 4.69) is 24.5 Å². The Morgan fingerprint density at radius 3 is 3.13 bits per heavy atom. The maximum atomic E-state index is 4.72. The van der Waals surface area contributed by atoms with Gasteiger partial charge in [-0.15, -0.1) is 11.3 Å². The summed E-state index contributed by atoms with van der Waals surface area (Å²) >= 11 is 3.83. The second-order valence-electron chi connectivity index (χ2n) is 4.35. The molecular weight excluding hydrogens is 224 g/mol. The Labute approximate surface area is 99.9 Å². The summed E-state index contributed by atoms with van der Waals surface area (Å²) in [5.74, 6) is 3.11. The van der Waals surface area contributed by atoms with Crippen LogP contribution < -0.4 is 5.32 Å². The molecule has 0 aromatic carbocycles. The van der Waals surface area contributed by atoms with E-state index in [1.54, 1.807) is 0 Å². The van der Waals surface area contributed by atoms with E-state index >= 15 is 0 Å². The van der Waals surface area contributed by atoms with Crippen LogP contribution in [0.15, 0.2) is 5.38 Å². The number of aromatic nitrogens is 1. The maximum absolute atomic E-state index is 4.72. The Hall–Kier alpha value is -0.0600. The normalized spacial score (nSPS) is 22.2. The molecule has 0 amide bonds. The summed E-state index contributed by atoms with van der Waals surface area (Å²) in [6.45, 7) is 5.61. The van der Waals surface area contributed by atoms with E-state index in [-0.39, 0.29) is 0 Å². The molecule has 0 bridgehead atoms. The van der Waals surface area contributed by atoms with Crippen molar-refractivity contribution in [1.29, 1.82) is 0 Å². The zero-order valence-electron chi connectivity index (χ0n) is 9.32. The van der Waals surface area contributed by atoms with E-state index < -0.39 is 0 Å². The SMILES string of the molecule is CC(C)Cc1nc(C2CSCCN2)cs1. The average Bonchev–Trinajstić information content (AvgIpc) is 2.67. The van der Waals surface area contributed by atoms with Crippen molar-refractivity contribution < 1.29 is 0 Å². The summed E-state index contributed by atoms with van der Waals surface area (Å²) in [6.07, 6.45) is 1.12. The molecule has 1 aromatic heterocycles. The first kappa shape index (κ1) is 11.4. The molecule has 1 aromatic rings. The van der Waals surface area contributed by atoms with Crippen LogP contribution >= 0.6 is 23.1 Å². The molecule has 84 valence electrons. The zero-order chi connectivity index (χ0) is 10.7. The fourth-order valence-electron chi connectivity index (χ4n) is 1.68. The number of nitrogens with one attached hydrogen (secondary N) is 1. The van der Waals surface area contributed by atoms with Crippen molar-refractivity contribution in [2.45, 2.75) is 26.3 Å². The molecule has 4 heteroatoms. The number of nitrogens with zero attached hydrogens (tertiary/aromatic N) is 1. The van der Waals surface area contributed by atoms with Crippen molar-refractivity contribution in [3.05, 3.63) is 16.1 Å². The molecule has 1 fully saturated rings. The summed E-state index contributed by atoms with van der Waals surface area (Å²) in [5, 5.41) is 7.04. The molecule has 0 saturated carbocycles. The second-order valence-corrected chi connectivity index (χ2v) is 6.44. The highest BCUT2D eigenvalue weighted by atomic mass is 32.2. The van der Waals surface area contributed by atoms with Gasteiger partial charge in [0.1, 0.15) is 0 Å². The molecule has 0 spiro atoms. The largest absolute Gasteiger partial charge is 0.307 e. The number of hydrogen-bond donors (Lipinski definition) is 1. The van der Waals surface area contributed by atoms with Crippen LogP contribution in [0.5, 0.6) is 0 Å². The monoisotopic (exact) mass is 242 g/mol.